The highest BCUT2D eigenvalue weighted by molar-refractivity contribution is 5.93. The van der Waals surface area contributed by atoms with E-state index in [1.165, 1.54) is 4.90 Å². The number of carboxylic acids is 1. The lowest BCUT2D eigenvalue weighted by Crippen LogP contribution is -2.29. The zero-order valence-electron chi connectivity index (χ0n) is 13.5. The van der Waals surface area contributed by atoms with Gasteiger partial charge in [-0.3, -0.25) is 9.59 Å². The number of hydrogen-bond donors (Lipinski definition) is 2. The van der Waals surface area contributed by atoms with Crippen molar-refractivity contribution in [1.29, 1.82) is 0 Å². The number of aliphatic hydroxyl groups excluding tert-OH is 1. The molecule has 5 nitrogen and oxygen atoms in total. The molecule has 24 heavy (non-hydrogen) atoms. The summed E-state index contributed by atoms with van der Waals surface area (Å²) < 4.78 is 0. The fraction of sp³-hybridized carbons (Fsp3) is 0.263. The number of aliphatic hydroxyl groups is 1. The predicted octanol–water partition coefficient (Wildman–Crippen LogP) is 2.86. The second-order valence-electron chi connectivity index (χ2n) is 5.63. The second kappa shape index (κ2) is 8.26. The minimum absolute atomic E-state index is 0.0479. The Morgan fingerprint density at radius 1 is 1.00 bits per heavy atom. The van der Waals surface area contributed by atoms with Gasteiger partial charge in [0, 0.05) is 19.2 Å². The molecule has 0 aromatic heterocycles. The predicted molar refractivity (Wildman–Crippen MR) is 91.6 cm³/mol. The number of nitrogens with zero attached hydrogens (tertiary/aromatic N) is 1. The molecular weight excluding hydrogens is 306 g/mol. The minimum atomic E-state index is -1.14. The van der Waals surface area contributed by atoms with Crippen LogP contribution < -0.4 is 4.90 Å². The Labute approximate surface area is 141 Å². The van der Waals surface area contributed by atoms with Crippen LogP contribution in [0.25, 0.3) is 0 Å². The number of anilines is 1. The van der Waals surface area contributed by atoms with Crippen LogP contribution in [-0.2, 0) is 9.59 Å². The average Bonchev–Trinajstić information content (AvgIpc) is 2.62. The van der Waals surface area contributed by atoms with Crippen molar-refractivity contribution in [2.75, 3.05) is 11.9 Å². The highest BCUT2D eigenvalue weighted by atomic mass is 16.4. The Morgan fingerprint density at radius 3 is 2.08 bits per heavy atom. The Morgan fingerprint density at radius 2 is 1.54 bits per heavy atom. The third-order valence-electron chi connectivity index (χ3n) is 4.03. The maximum Gasteiger partial charge on any atom is 0.309 e. The number of carbonyl (C=O) groups excluding carboxylic acids is 1. The molecule has 0 aliphatic rings. The topological polar surface area (TPSA) is 77.8 Å². The first-order valence-electron chi connectivity index (χ1n) is 7.78. The number of carbonyl (C=O) groups is 2. The molecule has 2 N–H and O–H groups in total. The molecule has 2 aromatic rings. The van der Waals surface area contributed by atoms with Crippen LogP contribution in [0.1, 0.15) is 24.5 Å². The number of carboxylic acid groups (broad SMARTS) is 1. The smallest absolute Gasteiger partial charge is 0.309 e. The number of aliphatic carboxylic acids is 1. The van der Waals surface area contributed by atoms with Gasteiger partial charge in [-0.2, -0.15) is 0 Å². The summed E-state index contributed by atoms with van der Waals surface area (Å²) in [5, 5.41) is 19.7. The summed E-state index contributed by atoms with van der Waals surface area (Å²) in [5.41, 5.74) is 1.28. The largest absolute Gasteiger partial charge is 0.481 e. The lowest BCUT2D eigenvalue weighted by Gasteiger charge is -2.21. The van der Waals surface area contributed by atoms with E-state index in [0.29, 0.717) is 5.56 Å². The van der Waals surface area contributed by atoms with Gasteiger partial charge in [-0.25, -0.2) is 0 Å². The summed E-state index contributed by atoms with van der Waals surface area (Å²) in [6.45, 7) is 0. The Kier molecular flexibility index (Phi) is 6.09. The maximum atomic E-state index is 12.3. The number of para-hydroxylation sites is 1. The molecule has 0 heterocycles. The van der Waals surface area contributed by atoms with Gasteiger partial charge in [-0.15, -0.1) is 0 Å². The Bertz CT molecular complexity index is 672. The van der Waals surface area contributed by atoms with Crippen molar-refractivity contribution in [2.24, 2.45) is 5.92 Å². The van der Waals surface area contributed by atoms with Gasteiger partial charge in [0.05, 0.1) is 12.0 Å². The fourth-order valence-electron chi connectivity index (χ4n) is 2.54. The van der Waals surface area contributed by atoms with E-state index < -0.39 is 18.0 Å². The molecule has 126 valence electrons. The van der Waals surface area contributed by atoms with Gasteiger partial charge in [-0.1, -0.05) is 48.5 Å². The quantitative estimate of drug-likeness (QED) is 0.820. The molecule has 2 rings (SSSR count). The Hall–Kier alpha value is -2.66. The molecule has 0 fully saturated rings. The van der Waals surface area contributed by atoms with Gasteiger partial charge in [0.25, 0.3) is 0 Å². The number of amides is 1. The molecule has 0 unspecified atom stereocenters. The van der Waals surface area contributed by atoms with Gasteiger partial charge in [0.2, 0.25) is 5.91 Å². The van der Waals surface area contributed by atoms with Crippen molar-refractivity contribution in [3.05, 3.63) is 66.2 Å². The van der Waals surface area contributed by atoms with E-state index >= 15 is 0 Å². The van der Waals surface area contributed by atoms with Crippen molar-refractivity contribution >= 4 is 17.6 Å². The van der Waals surface area contributed by atoms with Crippen molar-refractivity contribution in [1.82, 2.24) is 0 Å². The van der Waals surface area contributed by atoms with Crippen LogP contribution in [0, 0.1) is 5.92 Å². The van der Waals surface area contributed by atoms with E-state index in [9.17, 15) is 19.8 Å². The molecule has 0 radical (unpaired) electrons. The van der Waals surface area contributed by atoms with Crippen LogP contribution in [-0.4, -0.2) is 29.1 Å². The van der Waals surface area contributed by atoms with Crippen LogP contribution >= 0.6 is 0 Å². The number of hydrogen-bond acceptors (Lipinski definition) is 3. The highest BCUT2D eigenvalue weighted by Crippen LogP contribution is 2.26. The van der Waals surface area contributed by atoms with Gasteiger partial charge in [0.15, 0.2) is 0 Å². The van der Waals surface area contributed by atoms with Gasteiger partial charge in [-0.05, 0) is 24.1 Å². The van der Waals surface area contributed by atoms with Crippen LogP contribution in [0.3, 0.4) is 0 Å². The molecule has 0 aliphatic heterocycles. The average molecular weight is 327 g/mol. The molecule has 0 bridgehead atoms. The second-order valence-corrected chi connectivity index (χ2v) is 5.63. The fourth-order valence-corrected chi connectivity index (χ4v) is 2.54. The van der Waals surface area contributed by atoms with Crippen molar-refractivity contribution < 1.29 is 19.8 Å². The molecule has 1 amide bonds. The van der Waals surface area contributed by atoms with E-state index in [0.717, 1.165) is 5.69 Å². The summed E-state index contributed by atoms with van der Waals surface area (Å²) in [6, 6.07) is 17.8. The number of benzene rings is 2. The lowest BCUT2D eigenvalue weighted by molar-refractivity contribution is -0.146. The molecule has 0 saturated heterocycles. The van der Waals surface area contributed by atoms with Gasteiger partial charge < -0.3 is 15.1 Å². The summed E-state index contributed by atoms with van der Waals surface area (Å²) in [6.07, 6.45) is -1.02. The molecule has 0 spiro atoms. The van der Waals surface area contributed by atoms with Crippen molar-refractivity contribution in [3.8, 4) is 0 Å². The van der Waals surface area contributed by atoms with E-state index in [4.69, 9.17) is 0 Å². The van der Waals surface area contributed by atoms with Gasteiger partial charge >= 0.3 is 5.97 Å². The molecular formula is C19H21NO4. The van der Waals surface area contributed by atoms with E-state index in [1.807, 2.05) is 30.3 Å². The molecule has 0 aliphatic carbocycles. The third-order valence-corrected chi connectivity index (χ3v) is 4.03. The molecule has 0 saturated carbocycles. The zero-order chi connectivity index (χ0) is 17.5. The first-order valence-corrected chi connectivity index (χ1v) is 7.78. The van der Waals surface area contributed by atoms with E-state index in [-0.39, 0.29) is 18.7 Å². The van der Waals surface area contributed by atoms with Crippen molar-refractivity contribution in [2.45, 2.75) is 18.9 Å². The first kappa shape index (κ1) is 17.7. The van der Waals surface area contributed by atoms with Crippen LogP contribution in [0.4, 0.5) is 5.69 Å². The summed E-state index contributed by atoms with van der Waals surface area (Å²) in [4.78, 5) is 25.3. The van der Waals surface area contributed by atoms with E-state index in [2.05, 4.69) is 0 Å². The molecule has 2 aromatic carbocycles. The zero-order valence-corrected chi connectivity index (χ0v) is 13.5. The van der Waals surface area contributed by atoms with Crippen LogP contribution in [0.5, 0.6) is 0 Å². The monoisotopic (exact) mass is 327 g/mol. The van der Waals surface area contributed by atoms with E-state index in [1.54, 1.807) is 37.4 Å². The minimum Gasteiger partial charge on any atom is -0.481 e. The third kappa shape index (κ3) is 4.43. The van der Waals surface area contributed by atoms with Crippen LogP contribution in [0.2, 0.25) is 0 Å². The highest BCUT2D eigenvalue weighted by Gasteiger charge is 2.28. The number of rotatable bonds is 7. The van der Waals surface area contributed by atoms with Gasteiger partial charge in [0.1, 0.15) is 0 Å². The SMILES string of the molecule is CN(C(=O)CC[C@@H](C(=O)O)[C@@H](O)c1ccccc1)c1ccccc1. The van der Waals surface area contributed by atoms with Crippen LogP contribution in [0.15, 0.2) is 60.7 Å². The maximum absolute atomic E-state index is 12.3. The molecule has 5 heteroatoms. The lowest BCUT2D eigenvalue weighted by atomic mass is 9.91. The molecule has 2 atom stereocenters. The summed E-state index contributed by atoms with van der Waals surface area (Å²) in [7, 11) is 1.65. The summed E-state index contributed by atoms with van der Waals surface area (Å²) >= 11 is 0. The Balaban J connectivity index is 2.01. The summed E-state index contributed by atoms with van der Waals surface area (Å²) in [5.74, 6) is -2.32. The van der Waals surface area contributed by atoms with Crippen molar-refractivity contribution in [3.63, 3.8) is 0 Å². The normalized spacial score (nSPS) is 13.1. The standard InChI is InChI=1S/C19H21NO4/c1-20(15-10-6-3-7-11-15)17(21)13-12-16(19(23)24)18(22)14-8-4-2-5-9-14/h2-11,16,18,22H,12-13H2,1H3,(H,23,24)/t16-,18+/m1/s1. The first-order chi connectivity index (χ1) is 11.5.